The molecule has 1 aliphatic heterocycles. The predicted octanol–water partition coefficient (Wildman–Crippen LogP) is 3.22. The summed E-state index contributed by atoms with van der Waals surface area (Å²) in [6.45, 7) is 5.25. The van der Waals surface area contributed by atoms with E-state index in [1.807, 2.05) is 6.07 Å². The molecule has 2 aromatic rings. The maximum absolute atomic E-state index is 14.1. The van der Waals surface area contributed by atoms with Gasteiger partial charge in [-0.25, -0.2) is 9.07 Å². The second-order valence-corrected chi connectivity index (χ2v) is 5.55. The highest BCUT2D eigenvalue weighted by molar-refractivity contribution is 5.67. The van der Waals surface area contributed by atoms with Gasteiger partial charge in [0.2, 0.25) is 5.88 Å². The highest BCUT2D eigenvalue weighted by atomic mass is 19.1. The number of ether oxygens (including phenoxy) is 2. The predicted molar refractivity (Wildman–Crippen MR) is 78.0 cm³/mol. The SMILES string of the molecule is COC1COc2c(C(C)C)c(-c3ccccc3F)nn2C1. The molecule has 1 unspecified atom stereocenters. The molecule has 0 fully saturated rings. The molecule has 0 N–H and O–H groups in total. The van der Waals surface area contributed by atoms with Crippen LogP contribution in [0.5, 0.6) is 5.88 Å². The summed E-state index contributed by atoms with van der Waals surface area (Å²) >= 11 is 0. The van der Waals surface area contributed by atoms with Gasteiger partial charge in [0.15, 0.2) is 0 Å². The van der Waals surface area contributed by atoms with Crippen molar-refractivity contribution in [2.45, 2.75) is 32.4 Å². The quantitative estimate of drug-likeness (QED) is 0.871. The Balaban J connectivity index is 2.14. The zero-order valence-corrected chi connectivity index (χ0v) is 12.5. The Hall–Kier alpha value is -1.88. The van der Waals surface area contributed by atoms with Gasteiger partial charge in [0, 0.05) is 18.2 Å². The molecule has 0 spiro atoms. The first-order valence-electron chi connectivity index (χ1n) is 7.13. The van der Waals surface area contributed by atoms with Crippen molar-refractivity contribution in [1.82, 2.24) is 9.78 Å². The van der Waals surface area contributed by atoms with E-state index in [1.54, 1.807) is 23.9 Å². The highest BCUT2D eigenvalue weighted by Crippen LogP contribution is 2.38. The van der Waals surface area contributed by atoms with Crippen LogP contribution in [0, 0.1) is 5.82 Å². The number of methoxy groups -OCH3 is 1. The third-order valence-electron chi connectivity index (χ3n) is 3.76. The third-order valence-corrected chi connectivity index (χ3v) is 3.76. The molecule has 0 saturated carbocycles. The molecule has 3 rings (SSSR count). The van der Waals surface area contributed by atoms with Gasteiger partial charge in [-0.15, -0.1) is 0 Å². The lowest BCUT2D eigenvalue weighted by molar-refractivity contribution is 0.0174. The molecule has 0 radical (unpaired) electrons. The van der Waals surface area contributed by atoms with E-state index < -0.39 is 0 Å². The third kappa shape index (κ3) is 2.42. The number of nitrogens with zero attached hydrogens (tertiary/aromatic N) is 2. The number of rotatable bonds is 3. The van der Waals surface area contributed by atoms with E-state index in [0.717, 1.165) is 11.4 Å². The van der Waals surface area contributed by atoms with Crippen molar-refractivity contribution in [3.8, 4) is 17.1 Å². The minimum Gasteiger partial charge on any atom is -0.475 e. The lowest BCUT2D eigenvalue weighted by Gasteiger charge is -2.24. The fourth-order valence-electron chi connectivity index (χ4n) is 2.67. The van der Waals surface area contributed by atoms with Crippen LogP contribution in [0.15, 0.2) is 24.3 Å². The number of fused-ring (bicyclic) bond motifs is 1. The molecular formula is C16H19FN2O2. The van der Waals surface area contributed by atoms with Gasteiger partial charge in [0.05, 0.1) is 6.54 Å². The topological polar surface area (TPSA) is 36.3 Å². The molecule has 0 saturated heterocycles. The lowest BCUT2D eigenvalue weighted by atomic mass is 9.98. The van der Waals surface area contributed by atoms with E-state index in [-0.39, 0.29) is 17.8 Å². The van der Waals surface area contributed by atoms with Crippen molar-refractivity contribution in [1.29, 1.82) is 0 Å². The minimum absolute atomic E-state index is 0.0223. The van der Waals surface area contributed by atoms with Crippen LogP contribution < -0.4 is 4.74 Å². The fraction of sp³-hybridized carbons (Fsp3) is 0.438. The fourth-order valence-corrected chi connectivity index (χ4v) is 2.67. The standard InChI is InChI=1S/C16H19FN2O2/c1-10(2)14-15(12-6-4-5-7-13(12)17)18-19-8-11(20-3)9-21-16(14)19/h4-7,10-11H,8-9H2,1-3H3. The first kappa shape index (κ1) is 14.1. The number of benzene rings is 1. The number of hydrogen-bond acceptors (Lipinski definition) is 3. The minimum atomic E-state index is -0.266. The normalized spacial score (nSPS) is 17.7. The van der Waals surface area contributed by atoms with E-state index in [0.29, 0.717) is 24.4 Å². The summed E-state index contributed by atoms with van der Waals surface area (Å²) < 4.78 is 27.0. The number of hydrogen-bond donors (Lipinski definition) is 0. The second-order valence-electron chi connectivity index (χ2n) is 5.55. The Morgan fingerprint density at radius 3 is 2.81 bits per heavy atom. The number of aromatic nitrogens is 2. The van der Waals surface area contributed by atoms with Crippen molar-refractivity contribution in [2.75, 3.05) is 13.7 Å². The summed E-state index contributed by atoms with van der Waals surface area (Å²) in [6, 6.07) is 6.71. The van der Waals surface area contributed by atoms with Gasteiger partial charge in [0.1, 0.15) is 24.2 Å². The van der Waals surface area contributed by atoms with E-state index in [1.165, 1.54) is 6.07 Å². The monoisotopic (exact) mass is 290 g/mol. The smallest absolute Gasteiger partial charge is 0.216 e. The molecule has 0 bridgehead atoms. The van der Waals surface area contributed by atoms with E-state index in [4.69, 9.17) is 9.47 Å². The summed E-state index contributed by atoms with van der Waals surface area (Å²) in [7, 11) is 1.66. The molecule has 4 nitrogen and oxygen atoms in total. The van der Waals surface area contributed by atoms with Crippen LogP contribution in [0.2, 0.25) is 0 Å². The molecule has 1 aromatic heterocycles. The summed E-state index contributed by atoms with van der Waals surface area (Å²) in [4.78, 5) is 0. The van der Waals surface area contributed by atoms with Crippen molar-refractivity contribution in [3.63, 3.8) is 0 Å². The lowest BCUT2D eigenvalue weighted by Crippen LogP contribution is -2.32. The first-order valence-corrected chi connectivity index (χ1v) is 7.13. The Morgan fingerprint density at radius 2 is 2.14 bits per heavy atom. The van der Waals surface area contributed by atoms with Gasteiger partial charge in [-0.1, -0.05) is 26.0 Å². The maximum atomic E-state index is 14.1. The molecule has 21 heavy (non-hydrogen) atoms. The molecule has 1 aliphatic rings. The maximum Gasteiger partial charge on any atom is 0.216 e. The summed E-state index contributed by atoms with van der Waals surface area (Å²) in [5.74, 6) is 0.664. The van der Waals surface area contributed by atoms with E-state index in [2.05, 4.69) is 18.9 Å². The van der Waals surface area contributed by atoms with Crippen LogP contribution in [0.1, 0.15) is 25.3 Å². The Morgan fingerprint density at radius 1 is 1.38 bits per heavy atom. The Bertz CT molecular complexity index is 652. The van der Waals surface area contributed by atoms with Gasteiger partial charge in [-0.2, -0.15) is 5.10 Å². The van der Waals surface area contributed by atoms with Gasteiger partial charge in [0.25, 0.3) is 0 Å². The largest absolute Gasteiger partial charge is 0.475 e. The van der Waals surface area contributed by atoms with Gasteiger partial charge >= 0.3 is 0 Å². The molecule has 0 amide bonds. The van der Waals surface area contributed by atoms with E-state index >= 15 is 0 Å². The highest BCUT2D eigenvalue weighted by Gasteiger charge is 2.29. The van der Waals surface area contributed by atoms with Crippen LogP contribution in [0.25, 0.3) is 11.3 Å². The molecule has 1 aromatic carbocycles. The van der Waals surface area contributed by atoms with Crippen molar-refractivity contribution < 1.29 is 13.9 Å². The Kier molecular flexibility index (Phi) is 3.68. The molecule has 5 heteroatoms. The summed E-state index contributed by atoms with van der Waals surface area (Å²) in [5.41, 5.74) is 2.13. The molecule has 0 aliphatic carbocycles. The molecular weight excluding hydrogens is 271 g/mol. The summed E-state index contributed by atoms with van der Waals surface area (Å²) in [5, 5.41) is 4.57. The van der Waals surface area contributed by atoms with E-state index in [9.17, 15) is 4.39 Å². The van der Waals surface area contributed by atoms with Crippen LogP contribution in [-0.2, 0) is 11.3 Å². The van der Waals surface area contributed by atoms with Crippen LogP contribution in [0.4, 0.5) is 4.39 Å². The van der Waals surface area contributed by atoms with Crippen molar-refractivity contribution in [3.05, 3.63) is 35.6 Å². The zero-order chi connectivity index (χ0) is 15.0. The van der Waals surface area contributed by atoms with Gasteiger partial charge < -0.3 is 9.47 Å². The molecule has 112 valence electrons. The van der Waals surface area contributed by atoms with Gasteiger partial charge in [-0.05, 0) is 18.1 Å². The van der Waals surface area contributed by atoms with Crippen LogP contribution >= 0.6 is 0 Å². The average Bonchev–Trinajstić information content (AvgIpc) is 2.85. The first-order chi connectivity index (χ1) is 10.1. The van der Waals surface area contributed by atoms with Gasteiger partial charge in [-0.3, -0.25) is 0 Å². The zero-order valence-electron chi connectivity index (χ0n) is 12.5. The molecule has 1 atom stereocenters. The van der Waals surface area contributed by atoms with Crippen molar-refractivity contribution >= 4 is 0 Å². The average molecular weight is 290 g/mol. The second kappa shape index (κ2) is 5.48. The van der Waals surface area contributed by atoms with Crippen LogP contribution in [0.3, 0.4) is 0 Å². The molecule has 2 heterocycles. The Labute approximate surface area is 123 Å². The summed E-state index contributed by atoms with van der Waals surface area (Å²) in [6.07, 6.45) is -0.0223. The van der Waals surface area contributed by atoms with Crippen LogP contribution in [-0.4, -0.2) is 29.6 Å². The number of halogens is 1. The van der Waals surface area contributed by atoms with Crippen molar-refractivity contribution in [2.24, 2.45) is 0 Å².